The molecule has 10 aromatic rings. The molecule has 0 amide bonds. The van der Waals surface area contributed by atoms with E-state index in [-0.39, 0.29) is 5.41 Å². The third-order valence-electron chi connectivity index (χ3n) is 11.5. The van der Waals surface area contributed by atoms with Crippen molar-refractivity contribution in [3.05, 3.63) is 187 Å². The van der Waals surface area contributed by atoms with Gasteiger partial charge in [0, 0.05) is 50.0 Å². The molecule has 2 aromatic heterocycles. The minimum absolute atomic E-state index is 0.159. The van der Waals surface area contributed by atoms with E-state index in [4.69, 9.17) is 8.83 Å². The number of furan rings is 2. The van der Waals surface area contributed by atoms with Crippen LogP contribution in [0.25, 0.3) is 77.3 Å². The molecule has 0 atom stereocenters. The maximum atomic E-state index is 6.56. The predicted octanol–water partition coefficient (Wildman–Crippen LogP) is 14.6. The predicted molar refractivity (Wildman–Crippen MR) is 224 cm³/mol. The summed E-state index contributed by atoms with van der Waals surface area (Å²) >= 11 is 0. The van der Waals surface area contributed by atoms with E-state index < -0.39 is 0 Å². The molecule has 0 unspecified atom stereocenters. The van der Waals surface area contributed by atoms with E-state index in [1.54, 1.807) is 0 Å². The molecule has 0 aliphatic heterocycles. The molecule has 1 aliphatic rings. The summed E-state index contributed by atoms with van der Waals surface area (Å²) in [5.74, 6) is 0. The third-order valence-corrected chi connectivity index (χ3v) is 11.5. The second kappa shape index (κ2) is 11.6. The minimum atomic E-state index is -0.159. The third kappa shape index (κ3) is 4.55. The van der Waals surface area contributed by atoms with Crippen molar-refractivity contribution in [3.8, 4) is 33.4 Å². The maximum absolute atomic E-state index is 6.56. The first-order chi connectivity index (χ1) is 26.5. The van der Waals surface area contributed by atoms with Crippen LogP contribution in [-0.4, -0.2) is 0 Å². The molecule has 2 heterocycles. The summed E-state index contributed by atoms with van der Waals surface area (Å²) in [6.07, 6.45) is 0. The van der Waals surface area contributed by atoms with Crippen LogP contribution in [-0.2, 0) is 5.41 Å². The van der Waals surface area contributed by atoms with Crippen LogP contribution in [0, 0.1) is 0 Å². The Morgan fingerprint density at radius 2 is 1.04 bits per heavy atom. The van der Waals surface area contributed by atoms with E-state index in [0.717, 1.165) is 77.6 Å². The lowest BCUT2D eigenvalue weighted by Gasteiger charge is -2.30. The number of fused-ring (bicyclic) bond motifs is 9. The number of rotatable bonds is 5. The Bertz CT molecular complexity index is 3090. The Labute approximate surface area is 313 Å². The molecule has 8 aromatic carbocycles. The molecule has 3 nitrogen and oxygen atoms in total. The van der Waals surface area contributed by atoms with Gasteiger partial charge in [0.1, 0.15) is 22.3 Å². The highest BCUT2D eigenvalue weighted by atomic mass is 16.3. The lowest BCUT2D eigenvalue weighted by molar-refractivity contribution is 0.660. The second-order valence-electron chi connectivity index (χ2n) is 14.9. The summed E-state index contributed by atoms with van der Waals surface area (Å²) in [6.45, 7) is 4.69. The average molecular weight is 694 g/mol. The summed E-state index contributed by atoms with van der Waals surface area (Å²) in [5.41, 5.74) is 16.3. The van der Waals surface area contributed by atoms with Crippen molar-refractivity contribution in [1.29, 1.82) is 0 Å². The van der Waals surface area contributed by atoms with Gasteiger partial charge in [-0.15, -0.1) is 0 Å². The van der Waals surface area contributed by atoms with Crippen LogP contribution in [0.5, 0.6) is 0 Å². The summed E-state index contributed by atoms with van der Waals surface area (Å²) in [6, 6.07) is 63.0. The lowest BCUT2D eigenvalue weighted by atomic mass is 9.82. The van der Waals surface area contributed by atoms with Gasteiger partial charge in [-0.3, -0.25) is 0 Å². The van der Waals surface area contributed by atoms with Gasteiger partial charge in [-0.05, 0) is 93.5 Å². The number of benzene rings is 8. The molecule has 0 fully saturated rings. The van der Waals surface area contributed by atoms with E-state index in [1.165, 1.54) is 27.8 Å². The van der Waals surface area contributed by atoms with Gasteiger partial charge >= 0.3 is 0 Å². The van der Waals surface area contributed by atoms with Crippen molar-refractivity contribution in [2.45, 2.75) is 19.3 Å². The van der Waals surface area contributed by atoms with Gasteiger partial charge in [-0.2, -0.15) is 0 Å². The standard InChI is InChI=1S/C51H35NO2/c1-51(2)42-20-9-6-17-37(42)38-25-23-35(30-43(38)51)52(36-24-26-40-39-18-7-10-21-45(39)54-48(40)31-36)44-27-28-47-50(41-19-8-11-22-46(41)53-47)49(44)34-16-12-15-33(29-34)32-13-4-3-5-14-32/h3-31H,1-2H3. The first-order valence-electron chi connectivity index (χ1n) is 18.6. The van der Waals surface area contributed by atoms with Gasteiger partial charge in [-0.1, -0.05) is 129 Å². The fourth-order valence-corrected chi connectivity index (χ4v) is 8.88. The summed E-state index contributed by atoms with van der Waals surface area (Å²) < 4.78 is 13.1. The Hall–Kier alpha value is -6.84. The Morgan fingerprint density at radius 1 is 0.407 bits per heavy atom. The van der Waals surface area contributed by atoms with Crippen molar-refractivity contribution in [2.75, 3.05) is 4.90 Å². The van der Waals surface area contributed by atoms with Gasteiger partial charge in [0.2, 0.25) is 0 Å². The molecule has 3 heteroatoms. The zero-order valence-electron chi connectivity index (χ0n) is 30.0. The highest BCUT2D eigenvalue weighted by molar-refractivity contribution is 6.17. The Balaban J connectivity index is 1.22. The van der Waals surface area contributed by atoms with E-state index in [9.17, 15) is 0 Å². The molecule has 0 N–H and O–H groups in total. The SMILES string of the molecule is CC1(C)c2ccccc2-c2ccc(N(c3ccc4c(c3)oc3ccccc34)c3ccc4oc5ccccc5c4c3-c3cccc(-c4ccccc4)c3)cc21. The van der Waals surface area contributed by atoms with Crippen LogP contribution in [0.1, 0.15) is 25.0 Å². The smallest absolute Gasteiger partial charge is 0.137 e. The summed E-state index contributed by atoms with van der Waals surface area (Å²) in [4.78, 5) is 2.41. The zero-order chi connectivity index (χ0) is 36.0. The number of hydrogen-bond acceptors (Lipinski definition) is 3. The number of hydrogen-bond donors (Lipinski definition) is 0. The fraction of sp³-hybridized carbons (Fsp3) is 0.0588. The largest absolute Gasteiger partial charge is 0.456 e. The van der Waals surface area contributed by atoms with Crippen LogP contribution in [0.4, 0.5) is 17.1 Å². The quantitative estimate of drug-likeness (QED) is 0.180. The van der Waals surface area contributed by atoms with E-state index >= 15 is 0 Å². The first kappa shape index (κ1) is 30.8. The minimum Gasteiger partial charge on any atom is -0.456 e. The van der Waals surface area contributed by atoms with Gasteiger partial charge in [-0.25, -0.2) is 0 Å². The molecule has 0 saturated heterocycles. The highest BCUT2D eigenvalue weighted by Gasteiger charge is 2.36. The molecule has 11 rings (SSSR count). The molecule has 0 bridgehead atoms. The molecule has 54 heavy (non-hydrogen) atoms. The van der Waals surface area contributed by atoms with Gasteiger partial charge < -0.3 is 13.7 Å². The maximum Gasteiger partial charge on any atom is 0.137 e. The van der Waals surface area contributed by atoms with Gasteiger partial charge in [0.15, 0.2) is 0 Å². The van der Waals surface area contributed by atoms with Crippen LogP contribution in [0.2, 0.25) is 0 Å². The monoisotopic (exact) mass is 693 g/mol. The molecule has 0 saturated carbocycles. The molecular weight excluding hydrogens is 659 g/mol. The normalized spacial score (nSPS) is 13.1. The molecule has 0 spiro atoms. The number of nitrogens with zero attached hydrogens (tertiary/aromatic N) is 1. The van der Waals surface area contributed by atoms with E-state index in [2.05, 4.69) is 176 Å². The fourth-order valence-electron chi connectivity index (χ4n) is 8.88. The van der Waals surface area contributed by atoms with Gasteiger partial charge in [0.05, 0.1) is 5.69 Å². The van der Waals surface area contributed by atoms with Crippen molar-refractivity contribution in [1.82, 2.24) is 0 Å². The van der Waals surface area contributed by atoms with E-state index in [1.807, 2.05) is 18.2 Å². The van der Waals surface area contributed by atoms with Crippen molar-refractivity contribution >= 4 is 60.9 Å². The molecular formula is C51H35NO2. The zero-order valence-corrected chi connectivity index (χ0v) is 30.0. The van der Waals surface area contributed by atoms with Crippen molar-refractivity contribution < 1.29 is 8.83 Å². The van der Waals surface area contributed by atoms with E-state index in [0.29, 0.717) is 0 Å². The van der Waals surface area contributed by atoms with Crippen LogP contribution in [0.3, 0.4) is 0 Å². The van der Waals surface area contributed by atoms with Crippen LogP contribution in [0.15, 0.2) is 185 Å². The molecule has 0 radical (unpaired) electrons. The molecule has 1 aliphatic carbocycles. The van der Waals surface area contributed by atoms with Crippen molar-refractivity contribution in [2.24, 2.45) is 0 Å². The highest BCUT2D eigenvalue weighted by Crippen LogP contribution is 2.53. The lowest BCUT2D eigenvalue weighted by Crippen LogP contribution is -2.17. The summed E-state index contributed by atoms with van der Waals surface area (Å²) in [7, 11) is 0. The van der Waals surface area contributed by atoms with Crippen molar-refractivity contribution in [3.63, 3.8) is 0 Å². The molecule has 256 valence electrons. The first-order valence-corrected chi connectivity index (χ1v) is 18.6. The van der Waals surface area contributed by atoms with Crippen LogP contribution >= 0.6 is 0 Å². The number of anilines is 3. The van der Waals surface area contributed by atoms with Crippen LogP contribution < -0.4 is 4.90 Å². The summed E-state index contributed by atoms with van der Waals surface area (Å²) in [5, 5.41) is 4.41. The number of para-hydroxylation sites is 2. The second-order valence-corrected chi connectivity index (χ2v) is 14.9. The Morgan fingerprint density at radius 3 is 1.91 bits per heavy atom. The Kier molecular flexibility index (Phi) is 6.60. The topological polar surface area (TPSA) is 29.5 Å². The average Bonchev–Trinajstić information content (AvgIpc) is 3.86. The van der Waals surface area contributed by atoms with Gasteiger partial charge in [0.25, 0.3) is 0 Å².